The fourth-order valence-electron chi connectivity index (χ4n) is 4.16. The number of pyridine rings is 1. The molecule has 5 heterocycles. The molecular weight excluding hydrogens is 600 g/mol. The minimum absolute atomic E-state index is 0.104. The number of aromatic nitrogens is 4. The highest BCUT2D eigenvalue weighted by atomic mass is 79.9. The van der Waals surface area contributed by atoms with Gasteiger partial charge in [0, 0.05) is 40.0 Å². The van der Waals surface area contributed by atoms with E-state index in [9.17, 15) is 14.4 Å². The highest BCUT2D eigenvalue weighted by molar-refractivity contribution is 9.10. The van der Waals surface area contributed by atoms with E-state index in [-0.39, 0.29) is 23.9 Å². The first-order valence-electron chi connectivity index (χ1n) is 11.6. The molecule has 0 unspecified atom stereocenters. The fraction of sp³-hybridized carbons (Fsp3) is 0.292. The van der Waals surface area contributed by atoms with Gasteiger partial charge in [-0.1, -0.05) is 27.5 Å². The van der Waals surface area contributed by atoms with Crippen molar-refractivity contribution in [3.63, 3.8) is 0 Å². The Hall–Kier alpha value is -2.80. The van der Waals surface area contributed by atoms with E-state index in [1.165, 1.54) is 44.4 Å². The monoisotopic (exact) mass is 620 g/mol. The number of carbonyl (C=O) groups is 2. The van der Waals surface area contributed by atoms with Crippen LogP contribution in [0.15, 0.2) is 51.2 Å². The molecule has 0 aliphatic carbocycles. The second-order valence-corrected chi connectivity index (χ2v) is 11.9. The quantitative estimate of drug-likeness (QED) is 0.313. The first kappa shape index (κ1) is 25.8. The predicted molar refractivity (Wildman–Crippen MR) is 149 cm³/mol. The molecule has 1 aliphatic heterocycles. The normalized spacial score (nSPS) is 13.6. The summed E-state index contributed by atoms with van der Waals surface area (Å²) in [6.07, 6.45) is 4.51. The van der Waals surface area contributed by atoms with Crippen molar-refractivity contribution in [3.05, 3.63) is 71.5 Å². The average Bonchev–Trinajstić information content (AvgIpc) is 3.65. The van der Waals surface area contributed by atoms with Gasteiger partial charge in [0.2, 0.25) is 5.91 Å². The van der Waals surface area contributed by atoms with E-state index in [1.54, 1.807) is 22.4 Å². The summed E-state index contributed by atoms with van der Waals surface area (Å²) < 4.78 is 7.92. The summed E-state index contributed by atoms with van der Waals surface area (Å²) in [5.41, 5.74) is 0.879. The molecule has 1 aliphatic rings. The largest absolute Gasteiger partial charge is 0.365 e. The SMILES string of the molecule is O=C(Cn1c(-c2cc(NCc3ccc(Cl)s3)n(C(=O)c3cnsc3)n2)cc(Br)cc1=O)N1CCCCC1. The maximum absolute atomic E-state index is 13.3. The molecule has 0 atom stereocenters. The minimum atomic E-state index is -0.361. The van der Waals surface area contributed by atoms with Gasteiger partial charge in [0.1, 0.15) is 18.1 Å². The van der Waals surface area contributed by atoms with Gasteiger partial charge >= 0.3 is 0 Å². The molecule has 1 saturated heterocycles. The van der Waals surface area contributed by atoms with Crippen LogP contribution >= 0.6 is 50.4 Å². The average molecular weight is 622 g/mol. The van der Waals surface area contributed by atoms with Gasteiger partial charge in [-0.25, -0.2) is 4.37 Å². The van der Waals surface area contributed by atoms with Crippen molar-refractivity contribution in [3.8, 4) is 11.4 Å². The van der Waals surface area contributed by atoms with Crippen molar-refractivity contribution in [2.75, 3.05) is 18.4 Å². The molecule has 1 N–H and O–H groups in total. The van der Waals surface area contributed by atoms with Crippen molar-refractivity contribution >= 4 is 68.0 Å². The van der Waals surface area contributed by atoms with Gasteiger partial charge in [0.05, 0.1) is 28.3 Å². The smallest absolute Gasteiger partial charge is 0.282 e. The van der Waals surface area contributed by atoms with Crippen LogP contribution in [0.3, 0.4) is 0 Å². The van der Waals surface area contributed by atoms with Crippen LogP contribution in [0.2, 0.25) is 4.34 Å². The number of piperidine rings is 1. The predicted octanol–water partition coefficient (Wildman–Crippen LogP) is 4.96. The van der Waals surface area contributed by atoms with E-state index in [2.05, 4.69) is 30.7 Å². The lowest BCUT2D eigenvalue weighted by atomic mass is 10.1. The number of thiophene rings is 1. The highest BCUT2D eigenvalue weighted by Gasteiger charge is 2.23. The number of halogens is 2. The molecule has 4 aromatic heterocycles. The topological polar surface area (TPSA) is 102 Å². The van der Waals surface area contributed by atoms with Crippen LogP contribution < -0.4 is 10.9 Å². The lowest BCUT2D eigenvalue weighted by Crippen LogP contribution is -2.39. The summed E-state index contributed by atoms with van der Waals surface area (Å²) in [6.45, 7) is 1.71. The van der Waals surface area contributed by atoms with E-state index in [0.29, 0.717) is 51.2 Å². The van der Waals surface area contributed by atoms with E-state index >= 15 is 0 Å². The summed E-state index contributed by atoms with van der Waals surface area (Å²) >= 11 is 12.1. The Bertz CT molecular complexity index is 1490. The molecule has 0 radical (unpaired) electrons. The van der Waals surface area contributed by atoms with Crippen LogP contribution in [0.5, 0.6) is 0 Å². The van der Waals surface area contributed by atoms with Gasteiger partial charge in [0.15, 0.2) is 0 Å². The molecule has 0 saturated carbocycles. The van der Waals surface area contributed by atoms with Crippen LogP contribution in [-0.2, 0) is 17.9 Å². The maximum atomic E-state index is 13.3. The number of likely N-dealkylation sites (tertiary alicyclic amines) is 1. The Balaban J connectivity index is 1.52. The third-order valence-corrected chi connectivity index (χ3v) is 8.29. The zero-order valence-corrected chi connectivity index (χ0v) is 23.5. The van der Waals surface area contributed by atoms with Crippen molar-refractivity contribution in [1.82, 2.24) is 23.6 Å². The Kier molecular flexibility index (Phi) is 7.89. The Morgan fingerprint density at radius 1 is 1.14 bits per heavy atom. The molecule has 0 bridgehead atoms. The fourth-order valence-corrected chi connectivity index (χ4v) is 6.11. The summed E-state index contributed by atoms with van der Waals surface area (Å²) in [6, 6.07) is 8.58. The van der Waals surface area contributed by atoms with E-state index in [0.717, 1.165) is 24.1 Å². The Morgan fingerprint density at radius 2 is 1.95 bits per heavy atom. The first-order chi connectivity index (χ1) is 17.9. The molecule has 0 spiro atoms. The molecule has 9 nitrogen and oxygen atoms in total. The second-order valence-electron chi connectivity index (χ2n) is 8.53. The molecule has 4 aromatic rings. The van der Waals surface area contributed by atoms with E-state index in [1.807, 2.05) is 12.1 Å². The highest BCUT2D eigenvalue weighted by Crippen LogP contribution is 2.27. The Labute approximate surface area is 234 Å². The van der Waals surface area contributed by atoms with E-state index in [4.69, 9.17) is 11.6 Å². The number of hydrogen-bond donors (Lipinski definition) is 1. The summed E-state index contributed by atoms with van der Waals surface area (Å²) in [4.78, 5) is 42.1. The van der Waals surface area contributed by atoms with Gasteiger partial charge in [-0.05, 0) is 49.0 Å². The second kappa shape index (κ2) is 11.3. The van der Waals surface area contributed by atoms with Gasteiger partial charge in [-0.3, -0.25) is 19.0 Å². The zero-order valence-electron chi connectivity index (χ0n) is 19.5. The standard InChI is InChI=1S/C24H22BrClN6O3S2/c25-16-8-19(31(22(33)9-16)13-23(34)30-6-2-1-3-7-30)18-10-21(27-12-17-4-5-20(26)37-17)32(29-18)24(35)15-11-28-36-14-15/h4-5,8-11,14,27H,1-3,6-7,12-13H2. The molecule has 1 amide bonds. The summed E-state index contributed by atoms with van der Waals surface area (Å²) in [5.74, 6) is -0.0322. The molecule has 1 fully saturated rings. The third-order valence-electron chi connectivity index (χ3n) is 6.01. The maximum Gasteiger partial charge on any atom is 0.282 e. The van der Waals surface area contributed by atoms with Crippen molar-refractivity contribution < 1.29 is 9.59 Å². The van der Waals surface area contributed by atoms with Gasteiger partial charge < -0.3 is 10.2 Å². The van der Waals surface area contributed by atoms with Crippen LogP contribution in [0.4, 0.5) is 5.82 Å². The summed E-state index contributed by atoms with van der Waals surface area (Å²) in [7, 11) is 0. The van der Waals surface area contributed by atoms with Gasteiger partial charge in [-0.15, -0.1) is 11.3 Å². The number of amides is 1. The van der Waals surface area contributed by atoms with Gasteiger partial charge in [-0.2, -0.15) is 9.78 Å². The lowest BCUT2D eigenvalue weighted by molar-refractivity contribution is -0.132. The van der Waals surface area contributed by atoms with Crippen LogP contribution in [0.25, 0.3) is 11.4 Å². The number of hydrogen-bond acceptors (Lipinski definition) is 8. The molecule has 0 aromatic carbocycles. The third kappa shape index (κ3) is 5.87. The number of nitrogens with zero attached hydrogens (tertiary/aromatic N) is 5. The molecule has 5 rings (SSSR count). The number of rotatable bonds is 7. The van der Waals surface area contributed by atoms with Crippen molar-refractivity contribution in [2.24, 2.45) is 0 Å². The minimum Gasteiger partial charge on any atom is -0.365 e. The van der Waals surface area contributed by atoms with Crippen LogP contribution in [0.1, 0.15) is 34.5 Å². The molecule has 192 valence electrons. The van der Waals surface area contributed by atoms with Crippen molar-refractivity contribution in [2.45, 2.75) is 32.4 Å². The lowest BCUT2D eigenvalue weighted by Gasteiger charge is -2.27. The van der Waals surface area contributed by atoms with Crippen LogP contribution in [0, 0.1) is 0 Å². The molecular formula is C24H22BrClN6O3S2. The number of carbonyl (C=O) groups excluding carboxylic acids is 2. The first-order valence-corrected chi connectivity index (χ1v) is 14.4. The molecule has 13 heteroatoms. The summed E-state index contributed by atoms with van der Waals surface area (Å²) in [5, 5.41) is 9.48. The Morgan fingerprint density at radius 3 is 2.65 bits per heavy atom. The number of nitrogens with one attached hydrogen (secondary N) is 1. The van der Waals surface area contributed by atoms with Crippen LogP contribution in [-0.4, -0.2) is 48.5 Å². The molecule has 37 heavy (non-hydrogen) atoms. The zero-order chi connectivity index (χ0) is 25.9. The number of anilines is 1. The van der Waals surface area contributed by atoms with Gasteiger partial charge in [0.25, 0.3) is 11.5 Å². The van der Waals surface area contributed by atoms with E-state index < -0.39 is 0 Å². The van der Waals surface area contributed by atoms with Crippen molar-refractivity contribution in [1.29, 1.82) is 0 Å².